The summed E-state index contributed by atoms with van der Waals surface area (Å²) >= 11 is 0. The maximum absolute atomic E-state index is 13.7. The van der Waals surface area contributed by atoms with Crippen LogP contribution in [0.4, 0.5) is 10.1 Å². The van der Waals surface area contributed by atoms with Crippen LogP contribution in [0.25, 0.3) is 0 Å². The van der Waals surface area contributed by atoms with Crippen molar-refractivity contribution in [1.29, 1.82) is 0 Å². The van der Waals surface area contributed by atoms with Crippen molar-refractivity contribution < 1.29 is 13.7 Å². The summed E-state index contributed by atoms with van der Waals surface area (Å²) in [4.78, 5) is 18.2. The summed E-state index contributed by atoms with van der Waals surface area (Å²) in [6, 6.07) is 4.85. The average molecular weight is 301 g/mol. The number of rotatable bonds is 3. The number of benzene rings is 1. The molecule has 0 spiro atoms. The molecule has 1 aliphatic carbocycles. The molecule has 6 heteroatoms. The summed E-state index contributed by atoms with van der Waals surface area (Å²) in [7, 11) is 0. The van der Waals surface area contributed by atoms with Crippen LogP contribution < -0.4 is 4.90 Å². The molecule has 22 heavy (non-hydrogen) atoms. The van der Waals surface area contributed by atoms with Crippen molar-refractivity contribution in [2.45, 2.75) is 38.0 Å². The maximum atomic E-state index is 13.7. The fourth-order valence-corrected chi connectivity index (χ4v) is 2.79. The third kappa shape index (κ3) is 2.28. The highest BCUT2D eigenvalue weighted by atomic mass is 19.1. The van der Waals surface area contributed by atoms with Crippen molar-refractivity contribution in [2.24, 2.45) is 0 Å². The molecule has 0 unspecified atom stereocenters. The summed E-state index contributed by atoms with van der Waals surface area (Å²) in [6.07, 6.45) is 2.54. The monoisotopic (exact) mass is 301 g/mol. The third-order valence-electron chi connectivity index (χ3n) is 4.34. The Labute approximate surface area is 127 Å². The smallest absolute Gasteiger partial charge is 0.232 e. The second-order valence-corrected chi connectivity index (χ2v) is 6.10. The molecule has 4 rings (SSSR count). The van der Waals surface area contributed by atoms with E-state index in [1.165, 1.54) is 6.07 Å². The Balaban J connectivity index is 1.55. The molecule has 1 saturated carbocycles. The quantitative estimate of drug-likeness (QED) is 0.874. The molecule has 0 N–H and O–H groups in total. The SMILES string of the molecule is Cc1ccc(N2C[C@H](c3nc(C4CC4)no3)CC2=O)cc1F. The molecule has 1 amide bonds. The number of aromatic nitrogens is 2. The van der Waals surface area contributed by atoms with Crippen LogP contribution in [-0.4, -0.2) is 22.6 Å². The van der Waals surface area contributed by atoms with Crippen LogP contribution in [0.3, 0.4) is 0 Å². The molecular formula is C16H16FN3O2. The van der Waals surface area contributed by atoms with Gasteiger partial charge in [0.1, 0.15) is 5.82 Å². The molecule has 0 bridgehead atoms. The molecule has 114 valence electrons. The second-order valence-electron chi connectivity index (χ2n) is 6.10. The van der Waals surface area contributed by atoms with E-state index in [9.17, 15) is 9.18 Å². The first-order chi connectivity index (χ1) is 10.6. The van der Waals surface area contributed by atoms with Gasteiger partial charge in [-0.3, -0.25) is 4.79 Å². The highest BCUT2D eigenvalue weighted by molar-refractivity contribution is 5.96. The maximum Gasteiger partial charge on any atom is 0.232 e. The van der Waals surface area contributed by atoms with Crippen molar-refractivity contribution in [3.05, 3.63) is 41.3 Å². The Morgan fingerprint density at radius 3 is 2.86 bits per heavy atom. The van der Waals surface area contributed by atoms with Gasteiger partial charge in [-0.05, 0) is 37.5 Å². The summed E-state index contributed by atoms with van der Waals surface area (Å²) in [6.45, 7) is 2.15. The van der Waals surface area contributed by atoms with Crippen LogP contribution in [0.2, 0.25) is 0 Å². The lowest BCUT2D eigenvalue weighted by molar-refractivity contribution is -0.117. The van der Waals surface area contributed by atoms with Crippen LogP contribution in [0.15, 0.2) is 22.7 Å². The predicted octanol–water partition coefficient (Wildman–Crippen LogP) is 2.92. The molecule has 2 heterocycles. The number of anilines is 1. The molecule has 1 aromatic carbocycles. The van der Waals surface area contributed by atoms with E-state index in [0.29, 0.717) is 36.0 Å². The van der Waals surface area contributed by atoms with Crippen molar-refractivity contribution in [3.63, 3.8) is 0 Å². The standard InChI is InChI=1S/C16H16FN3O2/c1-9-2-5-12(7-13(9)17)20-8-11(6-14(20)21)16-18-15(19-22-16)10-3-4-10/h2,5,7,10-11H,3-4,6,8H2,1H3/t11-/m1/s1. The number of nitrogens with zero attached hydrogens (tertiary/aromatic N) is 3. The van der Waals surface area contributed by atoms with E-state index in [-0.39, 0.29) is 17.6 Å². The van der Waals surface area contributed by atoms with E-state index in [1.54, 1.807) is 24.0 Å². The van der Waals surface area contributed by atoms with Gasteiger partial charge in [0.2, 0.25) is 11.8 Å². The lowest BCUT2D eigenvalue weighted by Crippen LogP contribution is -2.24. The molecule has 0 radical (unpaired) electrons. The van der Waals surface area contributed by atoms with Gasteiger partial charge in [-0.2, -0.15) is 4.98 Å². The molecule has 5 nitrogen and oxygen atoms in total. The highest BCUT2D eigenvalue weighted by Crippen LogP contribution is 2.39. The van der Waals surface area contributed by atoms with E-state index in [4.69, 9.17) is 4.52 Å². The molecule has 1 saturated heterocycles. The largest absolute Gasteiger partial charge is 0.339 e. The number of aryl methyl sites for hydroxylation is 1. The van der Waals surface area contributed by atoms with Crippen molar-refractivity contribution in [1.82, 2.24) is 10.1 Å². The molecular weight excluding hydrogens is 285 g/mol. The summed E-state index contributed by atoms with van der Waals surface area (Å²) in [5.74, 6) is 1.24. The van der Waals surface area contributed by atoms with Crippen LogP contribution in [0.5, 0.6) is 0 Å². The van der Waals surface area contributed by atoms with Gasteiger partial charge in [-0.1, -0.05) is 11.2 Å². The third-order valence-corrected chi connectivity index (χ3v) is 4.34. The summed E-state index contributed by atoms with van der Waals surface area (Å²) in [5.41, 5.74) is 1.15. The zero-order chi connectivity index (χ0) is 15.3. The van der Waals surface area contributed by atoms with Gasteiger partial charge >= 0.3 is 0 Å². The minimum atomic E-state index is -0.303. The van der Waals surface area contributed by atoms with Gasteiger partial charge in [0.05, 0.1) is 5.92 Å². The predicted molar refractivity (Wildman–Crippen MR) is 77.1 cm³/mol. The fourth-order valence-electron chi connectivity index (χ4n) is 2.79. The molecule has 2 fully saturated rings. The van der Waals surface area contributed by atoms with Crippen LogP contribution >= 0.6 is 0 Å². The van der Waals surface area contributed by atoms with E-state index in [1.807, 2.05) is 0 Å². The first-order valence-corrected chi connectivity index (χ1v) is 7.52. The van der Waals surface area contributed by atoms with Crippen molar-refractivity contribution >= 4 is 11.6 Å². The number of amides is 1. The number of carbonyl (C=O) groups excluding carboxylic acids is 1. The molecule has 1 aromatic heterocycles. The van der Waals surface area contributed by atoms with Gasteiger partial charge in [0.25, 0.3) is 0 Å². The van der Waals surface area contributed by atoms with E-state index in [2.05, 4.69) is 10.1 Å². The number of carbonyl (C=O) groups is 1. The first kappa shape index (κ1) is 13.4. The molecule has 2 aromatic rings. The van der Waals surface area contributed by atoms with Crippen LogP contribution in [0, 0.1) is 12.7 Å². The fraction of sp³-hybridized carbons (Fsp3) is 0.438. The lowest BCUT2D eigenvalue weighted by Gasteiger charge is -2.16. The molecule has 2 aliphatic rings. The Kier molecular flexibility index (Phi) is 2.99. The number of hydrogen-bond donors (Lipinski definition) is 0. The summed E-state index contributed by atoms with van der Waals surface area (Å²) in [5, 5.41) is 4.00. The van der Waals surface area contributed by atoms with Crippen molar-refractivity contribution in [3.8, 4) is 0 Å². The lowest BCUT2D eigenvalue weighted by atomic mass is 10.1. The first-order valence-electron chi connectivity index (χ1n) is 7.52. The number of halogens is 1. The van der Waals surface area contributed by atoms with E-state index in [0.717, 1.165) is 18.7 Å². The minimum absolute atomic E-state index is 0.0422. The van der Waals surface area contributed by atoms with Gasteiger partial charge in [0.15, 0.2) is 5.82 Å². The normalized spacial score (nSPS) is 21.6. The Bertz CT molecular complexity index is 739. The molecule has 1 aliphatic heterocycles. The highest BCUT2D eigenvalue weighted by Gasteiger charge is 2.37. The average Bonchev–Trinajstić information content (AvgIpc) is 3.10. The zero-order valence-electron chi connectivity index (χ0n) is 12.3. The minimum Gasteiger partial charge on any atom is -0.339 e. The van der Waals surface area contributed by atoms with Crippen LogP contribution in [-0.2, 0) is 4.79 Å². The van der Waals surface area contributed by atoms with E-state index < -0.39 is 0 Å². The second kappa shape index (κ2) is 4.90. The molecule has 1 atom stereocenters. The van der Waals surface area contributed by atoms with E-state index >= 15 is 0 Å². The van der Waals surface area contributed by atoms with Crippen molar-refractivity contribution in [2.75, 3.05) is 11.4 Å². The zero-order valence-corrected chi connectivity index (χ0v) is 12.3. The van der Waals surface area contributed by atoms with Gasteiger partial charge in [-0.15, -0.1) is 0 Å². The van der Waals surface area contributed by atoms with Gasteiger partial charge in [-0.25, -0.2) is 4.39 Å². The Morgan fingerprint density at radius 1 is 1.32 bits per heavy atom. The topological polar surface area (TPSA) is 59.2 Å². The van der Waals surface area contributed by atoms with Gasteiger partial charge < -0.3 is 9.42 Å². The Morgan fingerprint density at radius 2 is 2.14 bits per heavy atom. The summed E-state index contributed by atoms with van der Waals surface area (Å²) < 4.78 is 19.0. The Hall–Kier alpha value is -2.24. The van der Waals surface area contributed by atoms with Gasteiger partial charge in [0, 0.05) is 24.6 Å². The van der Waals surface area contributed by atoms with Crippen LogP contribution in [0.1, 0.15) is 48.4 Å². The number of hydrogen-bond acceptors (Lipinski definition) is 4.